The van der Waals surface area contributed by atoms with Gasteiger partial charge in [-0.15, -0.1) is 0 Å². The maximum Gasteiger partial charge on any atom is 0.263 e. The highest BCUT2D eigenvalue weighted by Gasteiger charge is 2.22. The lowest BCUT2D eigenvalue weighted by atomic mass is 10.3. The van der Waals surface area contributed by atoms with E-state index >= 15 is 0 Å². The molecule has 1 N–H and O–H groups in total. The zero-order valence-corrected chi connectivity index (χ0v) is 14.9. The van der Waals surface area contributed by atoms with Gasteiger partial charge in [-0.2, -0.15) is 0 Å². The Balaban J connectivity index is 2.00. The van der Waals surface area contributed by atoms with E-state index in [1.54, 1.807) is 48.6 Å². The van der Waals surface area contributed by atoms with E-state index in [2.05, 4.69) is 4.98 Å². The van der Waals surface area contributed by atoms with Crippen molar-refractivity contribution in [3.63, 3.8) is 0 Å². The molecule has 0 aliphatic rings. The molecule has 2 aromatic rings. The van der Waals surface area contributed by atoms with Gasteiger partial charge in [-0.25, -0.2) is 4.98 Å². The molecule has 136 valence electrons. The molecule has 7 nitrogen and oxygen atoms in total. The van der Waals surface area contributed by atoms with Crippen LogP contribution in [0.3, 0.4) is 0 Å². The summed E-state index contributed by atoms with van der Waals surface area (Å²) in [5.41, 5.74) is 0.884. The summed E-state index contributed by atoms with van der Waals surface area (Å²) in [5, 5.41) is 9.27. The van der Waals surface area contributed by atoms with Crippen LogP contribution in [-0.2, 0) is 18.4 Å². The number of benzene rings is 1. The molecule has 0 spiro atoms. The van der Waals surface area contributed by atoms with Crippen LogP contribution >= 0.6 is 0 Å². The molecule has 0 aliphatic carbocycles. The van der Waals surface area contributed by atoms with Crippen LogP contribution in [0.15, 0.2) is 36.8 Å². The summed E-state index contributed by atoms with van der Waals surface area (Å²) in [4.78, 5) is 18.3. The molecule has 0 aliphatic heterocycles. The number of amides is 1. The maximum atomic E-state index is 12.7. The molecule has 7 heteroatoms. The van der Waals surface area contributed by atoms with Crippen LogP contribution in [0.5, 0.6) is 11.5 Å². The fraction of sp³-hybridized carbons (Fsp3) is 0.444. The minimum Gasteiger partial charge on any atom is -0.494 e. The fourth-order valence-electron chi connectivity index (χ4n) is 2.41. The standard InChI is InChI=1S/C18H25N3O4/c1-4-24-16-5-7-17(8-6-16)25-14(2)18(23)21(9-10-22)12-15-11-19-13-20(15)3/h5-8,11,13-14,22H,4,9-10,12H2,1-3H3. The summed E-state index contributed by atoms with van der Waals surface area (Å²) in [7, 11) is 1.86. The van der Waals surface area contributed by atoms with Crippen molar-refractivity contribution in [2.45, 2.75) is 26.5 Å². The van der Waals surface area contributed by atoms with Gasteiger partial charge in [-0.3, -0.25) is 4.79 Å². The predicted octanol–water partition coefficient (Wildman–Crippen LogP) is 1.61. The number of rotatable bonds is 9. The van der Waals surface area contributed by atoms with Gasteiger partial charge in [0.15, 0.2) is 6.10 Å². The van der Waals surface area contributed by atoms with Crippen molar-refractivity contribution in [2.75, 3.05) is 19.8 Å². The topological polar surface area (TPSA) is 76.8 Å². The van der Waals surface area contributed by atoms with Gasteiger partial charge < -0.3 is 24.0 Å². The Labute approximate surface area is 147 Å². The number of carbonyl (C=O) groups excluding carboxylic acids is 1. The summed E-state index contributed by atoms with van der Waals surface area (Å²) >= 11 is 0. The number of aryl methyl sites for hydroxylation is 1. The summed E-state index contributed by atoms with van der Waals surface area (Å²) in [6.45, 7) is 4.71. The zero-order chi connectivity index (χ0) is 18.2. The number of aromatic nitrogens is 2. The van der Waals surface area contributed by atoms with Crippen LogP contribution in [0.4, 0.5) is 0 Å². The van der Waals surface area contributed by atoms with E-state index in [-0.39, 0.29) is 19.1 Å². The first-order chi connectivity index (χ1) is 12.0. The molecule has 1 aromatic carbocycles. The molecule has 25 heavy (non-hydrogen) atoms. The fourth-order valence-corrected chi connectivity index (χ4v) is 2.41. The van der Waals surface area contributed by atoms with Gasteiger partial charge >= 0.3 is 0 Å². The number of carbonyl (C=O) groups is 1. The SMILES string of the molecule is CCOc1ccc(OC(C)C(=O)N(CCO)Cc2cncn2C)cc1. The largest absolute Gasteiger partial charge is 0.494 e. The van der Waals surface area contributed by atoms with Crippen molar-refractivity contribution in [1.82, 2.24) is 14.5 Å². The van der Waals surface area contributed by atoms with Gasteiger partial charge in [-0.05, 0) is 38.1 Å². The number of imidazole rings is 1. The van der Waals surface area contributed by atoms with Gasteiger partial charge in [0.2, 0.25) is 0 Å². The second kappa shape index (κ2) is 9.08. The van der Waals surface area contributed by atoms with Gasteiger partial charge in [0.25, 0.3) is 5.91 Å². The third-order valence-corrected chi connectivity index (χ3v) is 3.75. The highest BCUT2D eigenvalue weighted by atomic mass is 16.5. The molecule has 1 amide bonds. The molecular formula is C18H25N3O4. The molecule has 2 rings (SSSR count). The van der Waals surface area contributed by atoms with Crippen molar-refractivity contribution in [2.24, 2.45) is 7.05 Å². The first kappa shape index (κ1) is 18.8. The highest BCUT2D eigenvalue weighted by molar-refractivity contribution is 5.80. The van der Waals surface area contributed by atoms with E-state index in [0.717, 1.165) is 11.4 Å². The number of aliphatic hydroxyl groups excluding tert-OH is 1. The van der Waals surface area contributed by atoms with E-state index < -0.39 is 6.10 Å². The summed E-state index contributed by atoms with van der Waals surface area (Å²) in [6, 6.07) is 7.15. The smallest absolute Gasteiger partial charge is 0.263 e. The predicted molar refractivity (Wildman–Crippen MR) is 93.4 cm³/mol. The van der Waals surface area contributed by atoms with E-state index in [9.17, 15) is 9.90 Å². The molecule has 0 saturated carbocycles. The number of nitrogens with zero attached hydrogens (tertiary/aromatic N) is 3. The van der Waals surface area contributed by atoms with Crippen LogP contribution in [-0.4, -0.2) is 51.3 Å². The molecule has 1 aromatic heterocycles. The minimum absolute atomic E-state index is 0.112. The third-order valence-electron chi connectivity index (χ3n) is 3.75. The molecular weight excluding hydrogens is 322 g/mol. The summed E-state index contributed by atoms with van der Waals surface area (Å²) < 4.78 is 13.0. The van der Waals surface area contributed by atoms with E-state index in [4.69, 9.17) is 9.47 Å². The maximum absolute atomic E-state index is 12.7. The van der Waals surface area contributed by atoms with E-state index in [1.807, 2.05) is 18.5 Å². The number of aliphatic hydroxyl groups is 1. The van der Waals surface area contributed by atoms with Gasteiger partial charge in [0.05, 0.1) is 31.8 Å². The molecule has 1 heterocycles. The van der Waals surface area contributed by atoms with E-state index in [1.165, 1.54) is 0 Å². The Morgan fingerprint density at radius 3 is 2.56 bits per heavy atom. The molecule has 0 fully saturated rings. The van der Waals surface area contributed by atoms with Crippen molar-refractivity contribution >= 4 is 5.91 Å². The molecule has 0 saturated heterocycles. The average Bonchev–Trinajstić information content (AvgIpc) is 3.00. The Morgan fingerprint density at radius 2 is 2.00 bits per heavy atom. The number of ether oxygens (including phenoxy) is 2. The van der Waals surface area contributed by atoms with Crippen molar-refractivity contribution in [1.29, 1.82) is 0 Å². The summed E-state index contributed by atoms with van der Waals surface area (Å²) in [5.74, 6) is 1.16. The quantitative estimate of drug-likeness (QED) is 0.746. The van der Waals surface area contributed by atoms with Crippen molar-refractivity contribution < 1.29 is 19.4 Å². The van der Waals surface area contributed by atoms with Gasteiger partial charge in [0.1, 0.15) is 11.5 Å². The van der Waals surface area contributed by atoms with Gasteiger partial charge in [0, 0.05) is 19.8 Å². The third kappa shape index (κ3) is 5.22. The first-order valence-electron chi connectivity index (χ1n) is 8.29. The van der Waals surface area contributed by atoms with Crippen LogP contribution < -0.4 is 9.47 Å². The van der Waals surface area contributed by atoms with Crippen LogP contribution in [0.1, 0.15) is 19.5 Å². The summed E-state index contributed by atoms with van der Waals surface area (Å²) in [6.07, 6.45) is 2.71. The zero-order valence-electron chi connectivity index (χ0n) is 14.9. The van der Waals surface area contributed by atoms with Crippen molar-refractivity contribution in [3.05, 3.63) is 42.5 Å². The Morgan fingerprint density at radius 1 is 1.32 bits per heavy atom. The lowest BCUT2D eigenvalue weighted by Gasteiger charge is -2.25. The van der Waals surface area contributed by atoms with E-state index in [0.29, 0.717) is 18.9 Å². The normalized spacial score (nSPS) is 11.8. The Kier molecular flexibility index (Phi) is 6.82. The van der Waals surface area contributed by atoms with Crippen LogP contribution in [0.2, 0.25) is 0 Å². The lowest BCUT2D eigenvalue weighted by Crippen LogP contribution is -2.41. The minimum atomic E-state index is -0.669. The Hall–Kier alpha value is -2.54. The highest BCUT2D eigenvalue weighted by Crippen LogP contribution is 2.19. The molecule has 0 bridgehead atoms. The second-order valence-corrected chi connectivity index (χ2v) is 5.64. The van der Waals surface area contributed by atoms with Gasteiger partial charge in [-0.1, -0.05) is 0 Å². The monoisotopic (exact) mass is 347 g/mol. The number of hydrogen-bond donors (Lipinski definition) is 1. The van der Waals surface area contributed by atoms with Crippen LogP contribution in [0, 0.1) is 0 Å². The molecule has 0 radical (unpaired) electrons. The second-order valence-electron chi connectivity index (χ2n) is 5.64. The van der Waals surface area contributed by atoms with Crippen LogP contribution in [0.25, 0.3) is 0 Å². The molecule has 1 unspecified atom stereocenters. The lowest BCUT2D eigenvalue weighted by molar-refractivity contribution is -0.139. The number of hydrogen-bond acceptors (Lipinski definition) is 5. The Bertz CT molecular complexity index is 669. The average molecular weight is 347 g/mol. The first-order valence-corrected chi connectivity index (χ1v) is 8.29. The van der Waals surface area contributed by atoms with Crippen molar-refractivity contribution in [3.8, 4) is 11.5 Å². The molecule has 1 atom stereocenters.